The van der Waals surface area contributed by atoms with Gasteiger partial charge in [0.25, 0.3) is 0 Å². The summed E-state index contributed by atoms with van der Waals surface area (Å²) in [7, 11) is 2.59. The summed E-state index contributed by atoms with van der Waals surface area (Å²) in [5.41, 5.74) is 6.15. The molecule has 0 saturated carbocycles. The third-order valence-corrected chi connectivity index (χ3v) is 12.2. The summed E-state index contributed by atoms with van der Waals surface area (Å²) in [5.74, 6) is 1.02. The van der Waals surface area contributed by atoms with Crippen LogP contribution in [0.2, 0.25) is 0 Å². The van der Waals surface area contributed by atoms with E-state index in [4.69, 9.17) is 29.2 Å². The number of amides is 4. The number of pyridine rings is 1. The molecule has 3 fully saturated rings. The van der Waals surface area contributed by atoms with Crippen molar-refractivity contribution in [3.8, 4) is 33.8 Å². The molecule has 3 aromatic heterocycles. The van der Waals surface area contributed by atoms with Crippen molar-refractivity contribution in [2.45, 2.75) is 76.5 Å². The van der Waals surface area contributed by atoms with Gasteiger partial charge in [-0.05, 0) is 74.1 Å². The van der Waals surface area contributed by atoms with E-state index in [0.717, 1.165) is 76.2 Å². The molecule has 16 heteroatoms. The van der Waals surface area contributed by atoms with Crippen LogP contribution in [0.25, 0.3) is 44.7 Å². The lowest BCUT2D eigenvalue weighted by Crippen LogP contribution is -2.53. The summed E-state index contributed by atoms with van der Waals surface area (Å²) < 4.78 is 15.2. The Morgan fingerprint density at radius 1 is 0.754 bits per heavy atom. The number of ether oxygens (including phenoxy) is 3. The number of imidazole rings is 2. The molecule has 61 heavy (non-hydrogen) atoms. The number of benzene rings is 2. The minimum atomic E-state index is -0.697. The summed E-state index contributed by atoms with van der Waals surface area (Å²) in [6, 6.07) is 16.4. The summed E-state index contributed by atoms with van der Waals surface area (Å²) in [5, 5.41) is 6.48. The van der Waals surface area contributed by atoms with Gasteiger partial charge in [-0.1, -0.05) is 50.2 Å². The average Bonchev–Trinajstić information content (AvgIpc) is 4.14. The Labute approximate surface area is 354 Å². The van der Waals surface area contributed by atoms with Gasteiger partial charge in [-0.15, -0.1) is 0 Å². The van der Waals surface area contributed by atoms with Gasteiger partial charge in [0.05, 0.1) is 55.1 Å². The molecule has 5 aromatic rings. The smallest absolute Gasteiger partial charge is 0.407 e. The Morgan fingerprint density at radius 3 is 2.11 bits per heavy atom. The van der Waals surface area contributed by atoms with Gasteiger partial charge in [0.2, 0.25) is 11.8 Å². The van der Waals surface area contributed by atoms with Crippen LogP contribution >= 0.6 is 0 Å². The molecule has 4 N–H and O–H groups in total. The van der Waals surface area contributed by atoms with Crippen LogP contribution in [0.1, 0.15) is 76.1 Å². The van der Waals surface area contributed by atoms with Crippen LogP contribution in [0.3, 0.4) is 0 Å². The molecule has 320 valence electrons. The Kier molecular flexibility index (Phi) is 12.3. The molecule has 0 bridgehead atoms. The van der Waals surface area contributed by atoms with Gasteiger partial charge in [0.15, 0.2) is 0 Å². The van der Waals surface area contributed by atoms with Gasteiger partial charge >= 0.3 is 12.2 Å². The molecule has 4 amide bonds. The number of H-pyrrole nitrogens is 2. The molecule has 6 heterocycles. The number of methoxy groups -OCH3 is 2. The van der Waals surface area contributed by atoms with E-state index < -0.39 is 24.3 Å². The maximum atomic E-state index is 14.0. The van der Waals surface area contributed by atoms with E-state index in [1.165, 1.54) is 14.2 Å². The summed E-state index contributed by atoms with van der Waals surface area (Å²) >= 11 is 0. The molecule has 3 aliphatic rings. The van der Waals surface area contributed by atoms with Gasteiger partial charge in [-0.2, -0.15) is 0 Å². The lowest BCUT2D eigenvalue weighted by Gasteiger charge is -2.34. The SMILES string of the molecule is COC(=O)N[C@H](C(=O)N1CCC[C@H]1c1nc(-c2ccc3nc(-c4ccc(-c5cnc([C@@H]6CCCN6C(=O)[C@@H](NC(=O)OC)C6CCOCC6)[nH]5)cc4)ccc3c2)c[nH]1)C(C)C. The first-order chi connectivity index (χ1) is 29.6. The maximum Gasteiger partial charge on any atom is 0.407 e. The van der Waals surface area contributed by atoms with E-state index in [1.54, 1.807) is 11.1 Å². The van der Waals surface area contributed by atoms with E-state index in [0.29, 0.717) is 45.0 Å². The zero-order chi connectivity index (χ0) is 42.6. The standard InChI is InChI=1S/C45H53N9O7/c1-26(2)38(51-44(57)59-3)42(55)53-19-5-7-36(53)41-47-25-35(50-41)31-14-16-33-30(23-31)13-15-32(48-33)27-9-11-28(12-10-27)34-24-46-40(49-34)37-8-6-20-54(37)43(56)39(52-45(58)60-4)29-17-21-61-22-18-29/h9-16,23-26,29,36-39H,5-8,17-22H2,1-4H3,(H,46,49)(H,47,50)(H,51,57)(H,52,58)/t36-,37-,38-,39-/m0/s1. The first-order valence-electron chi connectivity index (χ1n) is 21.1. The topological polar surface area (TPSA) is 197 Å². The largest absolute Gasteiger partial charge is 0.453 e. The van der Waals surface area contributed by atoms with Crippen molar-refractivity contribution in [2.75, 3.05) is 40.5 Å². The second-order valence-corrected chi connectivity index (χ2v) is 16.3. The van der Waals surface area contributed by atoms with E-state index in [9.17, 15) is 19.2 Å². The fraction of sp³-hybridized carbons (Fsp3) is 0.444. The van der Waals surface area contributed by atoms with Crippen molar-refractivity contribution >= 4 is 34.9 Å². The van der Waals surface area contributed by atoms with Gasteiger partial charge in [0.1, 0.15) is 23.7 Å². The number of fused-ring (bicyclic) bond motifs is 1. The number of alkyl carbamates (subject to hydrolysis) is 2. The highest BCUT2D eigenvalue weighted by Gasteiger charge is 2.41. The predicted molar refractivity (Wildman–Crippen MR) is 227 cm³/mol. The van der Waals surface area contributed by atoms with E-state index in [1.807, 2.05) is 67.4 Å². The van der Waals surface area contributed by atoms with Crippen LogP contribution in [0.15, 0.2) is 67.0 Å². The van der Waals surface area contributed by atoms with Gasteiger partial charge in [-0.25, -0.2) is 24.5 Å². The van der Waals surface area contributed by atoms with Gasteiger partial charge < -0.3 is 44.6 Å². The number of carbonyl (C=O) groups excluding carboxylic acids is 4. The van der Waals surface area contributed by atoms with Crippen LogP contribution in [0.5, 0.6) is 0 Å². The number of aromatic nitrogens is 5. The highest BCUT2D eigenvalue weighted by molar-refractivity contribution is 5.88. The summed E-state index contributed by atoms with van der Waals surface area (Å²) in [4.78, 5) is 76.9. The summed E-state index contributed by atoms with van der Waals surface area (Å²) in [6.45, 7) is 6.08. The van der Waals surface area contributed by atoms with Crippen LogP contribution in [-0.2, 0) is 23.8 Å². The molecule has 2 aromatic carbocycles. The molecule has 4 atom stereocenters. The van der Waals surface area contributed by atoms with Gasteiger partial charge in [-0.3, -0.25) is 9.59 Å². The van der Waals surface area contributed by atoms with Crippen molar-refractivity contribution in [2.24, 2.45) is 11.8 Å². The Balaban J connectivity index is 0.935. The number of rotatable bonds is 11. The number of carbonyl (C=O) groups is 4. The average molecular weight is 832 g/mol. The molecule has 3 saturated heterocycles. The molecule has 0 spiro atoms. The number of likely N-dealkylation sites (tertiary alicyclic amines) is 2. The highest BCUT2D eigenvalue weighted by atomic mass is 16.5. The maximum absolute atomic E-state index is 14.0. The van der Waals surface area contributed by atoms with Crippen molar-refractivity contribution in [1.82, 2.24) is 45.4 Å². The zero-order valence-electron chi connectivity index (χ0n) is 35.0. The number of hydrogen-bond donors (Lipinski definition) is 4. The van der Waals surface area contributed by atoms with E-state index in [2.05, 4.69) is 32.7 Å². The molecule has 0 radical (unpaired) electrons. The lowest BCUT2D eigenvalue weighted by atomic mass is 9.90. The van der Waals surface area contributed by atoms with Crippen LogP contribution in [0, 0.1) is 11.8 Å². The van der Waals surface area contributed by atoms with Crippen LogP contribution in [-0.4, -0.2) is 111 Å². The van der Waals surface area contributed by atoms with Crippen molar-refractivity contribution in [1.29, 1.82) is 0 Å². The second-order valence-electron chi connectivity index (χ2n) is 16.3. The number of nitrogens with zero attached hydrogens (tertiary/aromatic N) is 5. The highest BCUT2D eigenvalue weighted by Crippen LogP contribution is 2.36. The monoisotopic (exact) mass is 831 g/mol. The van der Waals surface area contributed by atoms with Gasteiger partial charge in [0, 0.05) is 49.0 Å². The van der Waals surface area contributed by atoms with Crippen molar-refractivity contribution in [3.63, 3.8) is 0 Å². The Morgan fingerprint density at radius 2 is 1.41 bits per heavy atom. The second kappa shape index (κ2) is 18.1. The normalized spacial score (nSPS) is 19.2. The first-order valence-corrected chi connectivity index (χ1v) is 21.1. The van der Waals surface area contributed by atoms with Crippen LogP contribution in [0.4, 0.5) is 9.59 Å². The quantitative estimate of drug-likeness (QED) is 0.113. The van der Waals surface area contributed by atoms with E-state index in [-0.39, 0.29) is 35.7 Å². The Bertz CT molecular complexity index is 2370. The van der Waals surface area contributed by atoms with Crippen molar-refractivity contribution in [3.05, 3.63) is 78.6 Å². The fourth-order valence-electron chi connectivity index (χ4n) is 8.88. The molecular weight excluding hydrogens is 779 g/mol. The minimum absolute atomic E-state index is 0.0317. The molecular formula is C45H53N9O7. The molecule has 16 nitrogen and oxygen atoms in total. The summed E-state index contributed by atoms with van der Waals surface area (Å²) in [6.07, 6.45) is 7.03. The molecule has 8 rings (SSSR count). The zero-order valence-corrected chi connectivity index (χ0v) is 35.0. The van der Waals surface area contributed by atoms with Crippen LogP contribution < -0.4 is 10.6 Å². The molecule has 0 unspecified atom stereocenters. The first kappa shape index (κ1) is 41.4. The lowest BCUT2D eigenvalue weighted by molar-refractivity contribution is -0.137. The molecule has 3 aliphatic heterocycles. The predicted octanol–water partition coefficient (Wildman–Crippen LogP) is 6.54. The number of aromatic amines is 2. The fourth-order valence-corrected chi connectivity index (χ4v) is 8.88. The number of nitrogens with one attached hydrogen (secondary N) is 4. The third kappa shape index (κ3) is 8.81. The van der Waals surface area contributed by atoms with Crippen molar-refractivity contribution < 1.29 is 33.4 Å². The minimum Gasteiger partial charge on any atom is -0.453 e. The molecule has 0 aliphatic carbocycles. The Hall–Kier alpha value is -6.29. The number of hydrogen-bond acceptors (Lipinski definition) is 10. The van der Waals surface area contributed by atoms with E-state index >= 15 is 0 Å². The third-order valence-electron chi connectivity index (χ3n) is 12.2.